The van der Waals surface area contributed by atoms with Crippen LogP contribution in [-0.2, 0) is 14.1 Å². The first-order valence-corrected chi connectivity index (χ1v) is 7.28. The van der Waals surface area contributed by atoms with Crippen LogP contribution in [0.5, 0.6) is 0 Å². The van der Waals surface area contributed by atoms with Crippen molar-refractivity contribution in [1.29, 1.82) is 0 Å². The number of hydrogen-bond donors (Lipinski definition) is 2. The van der Waals surface area contributed by atoms with E-state index in [9.17, 15) is 14.4 Å². The molecule has 0 bridgehead atoms. The van der Waals surface area contributed by atoms with Gasteiger partial charge < -0.3 is 10.8 Å². The summed E-state index contributed by atoms with van der Waals surface area (Å²) in [4.78, 5) is 38.3. The number of anilines is 1. The Bertz CT molecular complexity index is 683. The number of ketones is 1. The van der Waals surface area contributed by atoms with E-state index >= 15 is 0 Å². The lowest BCUT2D eigenvalue weighted by molar-refractivity contribution is 0.0862. The molecule has 0 radical (unpaired) electrons. The van der Waals surface area contributed by atoms with Crippen LogP contribution in [0.25, 0.3) is 0 Å². The zero-order valence-corrected chi connectivity index (χ0v) is 12.9. The third kappa shape index (κ3) is 2.97. The first-order chi connectivity index (χ1) is 10.4. The quantitative estimate of drug-likeness (QED) is 0.659. The number of nitrogens with zero attached hydrogens (tertiary/aromatic N) is 3. The number of Topliss-reactive ketones (excluding diaryl/α,β-unsaturated/α-hetero) is 1. The zero-order valence-electron chi connectivity index (χ0n) is 12.9. The molecule has 8 nitrogen and oxygen atoms in total. The van der Waals surface area contributed by atoms with Crippen LogP contribution in [0.4, 0.5) is 5.82 Å². The fourth-order valence-electron chi connectivity index (χ4n) is 2.73. The third-order valence-corrected chi connectivity index (χ3v) is 4.32. The van der Waals surface area contributed by atoms with Crippen molar-refractivity contribution in [3.63, 3.8) is 0 Å². The maximum Gasteiger partial charge on any atom is 0.332 e. The van der Waals surface area contributed by atoms with E-state index in [1.165, 1.54) is 14.1 Å². The van der Waals surface area contributed by atoms with Gasteiger partial charge in [0.2, 0.25) is 0 Å². The second kappa shape index (κ2) is 6.45. The van der Waals surface area contributed by atoms with Crippen LogP contribution in [-0.4, -0.2) is 51.2 Å². The molecule has 2 rings (SSSR count). The molecule has 8 heteroatoms. The molecule has 1 aromatic rings. The first-order valence-electron chi connectivity index (χ1n) is 7.28. The molecule has 0 unspecified atom stereocenters. The normalized spacial score (nSPS) is 16.9. The number of piperidine rings is 1. The van der Waals surface area contributed by atoms with Gasteiger partial charge in [-0.15, -0.1) is 0 Å². The summed E-state index contributed by atoms with van der Waals surface area (Å²) in [5.41, 5.74) is 4.44. The summed E-state index contributed by atoms with van der Waals surface area (Å²) in [5.74, 6) is -0.193. The fraction of sp³-hybridized carbons (Fsp3) is 0.643. The van der Waals surface area contributed by atoms with Gasteiger partial charge in [-0.25, -0.2) is 4.79 Å². The highest BCUT2D eigenvalue weighted by molar-refractivity contribution is 6.01. The number of rotatable bonds is 4. The number of nitrogens with two attached hydrogens (primary N) is 1. The molecule has 3 N–H and O–H groups in total. The van der Waals surface area contributed by atoms with Crippen molar-refractivity contribution in [2.75, 3.05) is 32.0 Å². The highest BCUT2D eigenvalue weighted by atomic mass is 16.3. The Hall–Kier alpha value is -1.93. The van der Waals surface area contributed by atoms with Crippen molar-refractivity contribution >= 4 is 11.6 Å². The molecule has 2 heterocycles. The molecule has 0 saturated carbocycles. The van der Waals surface area contributed by atoms with E-state index in [2.05, 4.69) is 0 Å². The van der Waals surface area contributed by atoms with E-state index in [1.54, 1.807) is 0 Å². The molecule has 0 aliphatic carbocycles. The van der Waals surface area contributed by atoms with Gasteiger partial charge >= 0.3 is 5.69 Å². The summed E-state index contributed by atoms with van der Waals surface area (Å²) in [5, 5.41) is 9.12. The summed E-state index contributed by atoms with van der Waals surface area (Å²) in [6.07, 6.45) is 1.65. The molecule has 1 fully saturated rings. The van der Waals surface area contributed by atoms with Gasteiger partial charge in [0.05, 0.1) is 6.54 Å². The number of carbonyl (C=O) groups is 1. The average Bonchev–Trinajstić information content (AvgIpc) is 2.52. The van der Waals surface area contributed by atoms with Crippen molar-refractivity contribution < 1.29 is 9.90 Å². The lowest BCUT2D eigenvalue weighted by atomic mass is 9.97. The van der Waals surface area contributed by atoms with Crippen molar-refractivity contribution in [2.45, 2.75) is 12.8 Å². The monoisotopic (exact) mass is 310 g/mol. The number of hydrogen-bond acceptors (Lipinski definition) is 6. The van der Waals surface area contributed by atoms with E-state index < -0.39 is 11.2 Å². The molecular weight excluding hydrogens is 288 g/mol. The SMILES string of the molecule is Cn1c(N)c(C(=O)CN2CCC(CO)CC2)c(=O)n(C)c1=O. The molecule has 0 amide bonds. The summed E-state index contributed by atoms with van der Waals surface area (Å²) in [7, 11) is 2.76. The highest BCUT2D eigenvalue weighted by Crippen LogP contribution is 2.16. The van der Waals surface area contributed by atoms with Crippen LogP contribution >= 0.6 is 0 Å². The molecular formula is C14H22N4O4. The standard InChI is InChI=1S/C14H22N4O4/c1-16-12(15)11(13(21)17(2)14(16)22)10(20)7-18-5-3-9(8-19)4-6-18/h9,19H,3-8,15H2,1-2H3. The van der Waals surface area contributed by atoms with Crippen molar-refractivity contribution in [3.8, 4) is 0 Å². The maximum atomic E-state index is 12.4. The van der Waals surface area contributed by atoms with Crippen LogP contribution in [0.3, 0.4) is 0 Å². The van der Waals surface area contributed by atoms with Crippen LogP contribution in [0.15, 0.2) is 9.59 Å². The van der Waals surface area contributed by atoms with Crippen LogP contribution in [0.2, 0.25) is 0 Å². The Morgan fingerprint density at radius 1 is 1.23 bits per heavy atom. The fourth-order valence-corrected chi connectivity index (χ4v) is 2.73. The Balaban J connectivity index is 2.21. The Kier molecular flexibility index (Phi) is 4.82. The van der Waals surface area contributed by atoms with Gasteiger partial charge in [0, 0.05) is 20.7 Å². The lowest BCUT2D eigenvalue weighted by Crippen LogP contribution is -2.44. The lowest BCUT2D eigenvalue weighted by Gasteiger charge is -2.30. The minimum Gasteiger partial charge on any atom is -0.396 e. The Morgan fingerprint density at radius 2 is 1.82 bits per heavy atom. The van der Waals surface area contributed by atoms with Gasteiger partial charge in [-0.3, -0.25) is 23.6 Å². The number of carbonyl (C=O) groups excluding carboxylic acids is 1. The average molecular weight is 310 g/mol. The van der Waals surface area contributed by atoms with Gasteiger partial charge in [-0.05, 0) is 31.8 Å². The van der Waals surface area contributed by atoms with Crippen molar-refractivity contribution in [2.24, 2.45) is 20.0 Å². The van der Waals surface area contributed by atoms with Crippen molar-refractivity contribution in [1.82, 2.24) is 14.0 Å². The molecule has 0 aromatic carbocycles. The molecule has 1 saturated heterocycles. The molecule has 122 valence electrons. The molecule has 0 spiro atoms. The van der Waals surface area contributed by atoms with Crippen LogP contribution < -0.4 is 17.0 Å². The van der Waals surface area contributed by atoms with E-state index in [0.29, 0.717) is 13.1 Å². The topological polar surface area (TPSA) is 111 Å². The predicted octanol–water partition coefficient (Wildman–Crippen LogP) is -1.45. The number of aromatic nitrogens is 2. The maximum absolute atomic E-state index is 12.4. The Labute approximate surface area is 127 Å². The number of aliphatic hydroxyl groups is 1. The van der Waals surface area contributed by atoms with Crippen molar-refractivity contribution in [3.05, 3.63) is 26.4 Å². The molecule has 1 aliphatic rings. The molecule has 0 atom stereocenters. The number of aliphatic hydroxyl groups excluding tert-OH is 1. The zero-order chi connectivity index (χ0) is 16.4. The first kappa shape index (κ1) is 16.4. The van der Waals surface area contributed by atoms with Gasteiger partial charge in [0.1, 0.15) is 11.4 Å². The number of nitrogen functional groups attached to an aromatic ring is 1. The second-order valence-corrected chi connectivity index (χ2v) is 5.79. The minimum atomic E-state index is -0.657. The largest absolute Gasteiger partial charge is 0.396 e. The minimum absolute atomic E-state index is 0.0930. The summed E-state index contributed by atoms with van der Waals surface area (Å²) < 4.78 is 1.99. The summed E-state index contributed by atoms with van der Waals surface area (Å²) >= 11 is 0. The smallest absolute Gasteiger partial charge is 0.332 e. The van der Waals surface area contributed by atoms with E-state index in [1.807, 2.05) is 4.90 Å². The third-order valence-electron chi connectivity index (χ3n) is 4.32. The predicted molar refractivity (Wildman–Crippen MR) is 81.9 cm³/mol. The van der Waals surface area contributed by atoms with Gasteiger partial charge in [-0.2, -0.15) is 0 Å². The number of likely N-dealkylation sites (tertiary alicyclic amines) is 1. The van der Waals surface area contributed by atoms with Gasteiger partial charge in [0.25, 0.3) is 5.56 Å². The van der Waals surface area contributed by atoms with E-state index in [0.717, 1.165) is 22.0 Å². The molecule has 22 heavy (non-hydrogen) atoms. The second-order valence-electron chi connectivity index (χ2n) is 5.79. The Morgan fingerprint density at radius 3 is 2.36 bits per heavy atom. The van der Waals surface area contributed by atoms with E-state index in [-0.39, 0.29) is 36.2 Å². The highest BCUT2D eigenvalue weighted by Gasteiger charge is 2.24. The summed E-state index contributed by atoms with van der Waals surface area (Å²) in [6.45, 7) is 1.65. The van der Waals surface area contributed by atoms with E-state index in [4.69, 9.17) is 10.8 Å². The molecule has 1 aliphatic heterocycles. The van der Waals surface area contributed by atoms with Gasteiger partial charge in [0.15, 0.2) is 5.78 Å². The van der Waals surface area contributed by atoms with Crippen LogP contribution in [0, 0.1) is 5.92 Å². The molecule has 1 aromatic heterocycles. The van der Waals surface area contributed by atoms with Crippen LogP contribution in [0.1, 0.15) is 23.2 Å². The van der Waals surface area contributed by atoms with Gasteiger partial charge in [-0.1, -0.05) is 0 Å². The summed E-state index contributed by atoms with van der Waals surface area (Å²) in [6, 6.07) is 0.